The molecule has 0 saturated carbocycles. The number of benzene rings is 1. The van der Waals surface area contributed by atoms with Crippen molar-refractivity contribution in [2.45, 2.75) is 6.18 Å². The van der Waals surface area contributed by atoms with Crippen LogP contribution < -0.4 is 5.32 Å². The zero-order valence-electron chi connectivity index (χ0n) is 12.2. The molecule has 3 aromatic rings. The van der Waals surface area contributed by atoms with Crippen LogP contribution in [0.1, 0.15) is 15.9 Å². The topological polar surface area (TPSA) is 59.8 Å². The molecule has 1 amide bonds. The molecule has 0 fully saturated rings. The summed E-state index contributed by atoms with van der Waals surface area (Å²) in [6.07, 6.45) is 1.81. The van der Waals surface area contributed by atoms with Gasteiger partial charge in [0.2, 0.25) is 0 Å². The van der Waals surface area contributed by atoms with E-state index in [1.54, 1.807) is 35.4 Å². The van der Waals surface area contributed by atoms with Crippen LogP contribution in [0.5, 0.6) is 0 Å². The van der Waals surface area contributed by atoms with Gasteiger partial charge in [0.25, 0.3) is 5.91 Å². The number of amides is 1. The number of anilines is 1. The third-order valence-corrected chi connectivity index (χ3v) is 3.23. The maximum Gasteiger partial charge on any atom is 0.416 e. The Hall–Kier alpha value is -3.16. The van der Waals surface area contributed by atoms with Crippen LogP contribution in [0, 0.1) is 0 Å². The Kier molecular flexibility index (Phi) is 4.03. The summed E-state index contributed by atoms with van der Waals surface area (Å²) < 4.78 is 39.7. The van der Waals surface area contributed by atoms with Crippen molar-refractivity contribution >= 4 is 11.6 Å². The number of pyridine rings is 1. The minimum atomic E-state index is -4.50. The molecule has 24 heavy (non-hydrogen) atoms. The third kappa shape index (κ3) is 3.43. The van der Waals surface area contributed by atoms with Gasteiger partial charge in [-0.3, -0.25) is 9.36 Å². The van der Waals surface area contributed by atoms with E-state index in [0.29, 0.717) is 11.5 Å². The van der Waals surface area contributed by atoms with Gasteiger partial charge in [0.1, 0.15) is 12.1 Å². The van der Waals surface area contributed by atoms with Crippen LogP contribution in [0.4, 0.5) is 18.9 Å². The highest BCUT2D eigenvalue weighted by Gasteiger charge is 2.30. The van der Waals surface area contributed by atoms with E-state index in [-0.39, 0.29) is 5.56 Å². The van der Waals surface area contributed by atoms with E-state index >= 15 is 0 Å². The Balaban J connectivity index is 1.75. The molecule has 0 aliphatic carbocycles. The molecule has 2 aromatic heterocycles. The molecule has 0 atom stereocenters. The summed E-state index contributed by atoms with van der Waals surface area (Å²) in [5.74, 6) is -0.0390. The number of nitrogens with zero attached hydrogens (tertiary/aromatic N) is 3. The van der Waals surface area contributed by atoms with Crippen LogP contribution in [0.25, 0.3) is 5.82 Å². The lowest BCUT2D eigenvalue weighted by Crippen LogP contribution is -2.14. The Morgan fingerprint density at radius 3 is 2.62 bits per heavy atom. The predicted octanol–water partition coefficient (Wildman–Crippen LogP) is 3.54. The number of aromatic nitrogens is 3. The van der Waals surface area contributed by atoms with E-state index in [4.69, 9.17) is 0 Å². The Morgan fingerprint density at radius 2 is 2.00 bits per heavy atom. The number of imidazole rings is 1. The van der Waals surface area contributed by atoms with Gasteiger partial charge in [-0.05, 0) is 30.3 Å². The highest BCUT2D eigenvalue weighted by atomic mass is 19.4. The summed E-state index contributed by atoms with van der Waals surface area (Å²) in [7, 11) is 0. The monoisotopic (exact) mass is 332 g/mol. The quantitative estimate of drug-likeness (QED) is 0.798. The zero-order chi connectivity index (χ0) is 17.2. The van der Waals surface area contributed by atoms with Gasteiger partial charge in [-0.25, -0.2) is 9.97 Å². The second-order valence-electron chi connectivity index (χ2n) is 4.91. The summed E-state index contributed by atoms with van der Waals surface area (Å²) >= 11 is 0. The van der Waals surface area contributed by atoms with Crippen LogP contribution in [-0.4, -0.2) is 20.4 Å². The first-order chi connectivity index (χ1) is 11.4. The first-order valence-corrected chi connectivity index (χ1v) is 6.86. The van der Waals surface area contributed by atoms with Crippen LogP contribution >= 0.6 is 0 Å². The van der Waals surface area contributed by atoms with Crippen molar-refractivity contribution in [3.63, 3.8) is 0 Å². The fourth-order valence-electron chi connectivity index (χ4n) is 2.05. The lowest BCUT2D eigenvalue weighted by atomic mass is 10.1. The number of carbonyl (C=O) groups is 1. The largest absolute Gasteiger partial charge is 0.416 e. The summed E-state index contributed by atoms with van der Waals surface area (Å²) in [4.78, 5) is 20.1. The van der Waals surface area contributed by atoms with Crippen molar-refractivity contribution in [2.75, 3.05) is 5.32 Å². The highest BCUT2D eigenvalue weighted by molar-refractivity contribution is 6.04. The van der Waals surface area contributed by atoms with E-state index in [0.717, 1.165) is 12.1 Å². The summed E-state index contributed by atoms with van der Waals surface area (Å²) in [5.41, 5.74) is -0.575. The van der Waals surface area contributed by atoms with Gasteiger partial charge in [0.05, 0.1) is 17.4 Å². The van der Waals surface area contributed by atoms with Gasteiger partial charge in [0.15, 0.2) is 0 Å². The molecule has 0 aliphatic heterocycles. The van der Waals surface area contributed by atoms with Crippen molar-refractivity contribution in [2.24, 2.45) is 0 Å². The Labute approximate surface area is 134 Å². The maximum absolute atomic E-state index is 12.7. The minimum Gasteiger partial charge on any atom is -0.321 e. The van der Waals surface area contributed by atoms with Gasteiger partial charge >= 0.3 is 6.18 Å². The van der Waals surface area contributed by atoms with E-state index < -0.39 is 17.6 Å². The molecule has 0 radical (unpaired) electrons. The molecule has 122 valence electrons. The highest BCUT2D eigenvalue weighted by Crippen LogP contribution is 2.29. The number of hydrogen-bond acceptors (Lipinski definition) is 3. The molecular formula is C16H11F3N4O. The van der Waals surface area contributed by atoms with Gasteiger partial charge in [-0.2, -0.15) is 13.2 Å². The fourth-order valence-corrected chi connectivity index (χ4v) is 2.05. The summed E-state index contributed by atoms with van der Waals surface area (Å²) in [6.45, 7) is 0. The van der Waals surface area contributed by atoms with Gasteiger partial charge in [-0.15, -0.1) is 0 Å². The SMILES string of the molecule is O=C(Nc1ccc(-n2ccnc2)nc1)c1cccc(C(F)(F)F)c1. The second kappa shape index (κ2) is 6.15. The van der Waals surface area contributed by atoms with Crippen LogP contribution in [0.15, 0.2) is 61.3 Å². The van der Waals surface area contributed by atoms with Crippen molar-refractivity contribution in [3.8, 4) is 5.82 Å². The first kappa shape index (κ1) is 15.7. The molecular weight excluding hydrogens is 321 g/mol. The molecule has 1 N–H and O–H groups in total. The van der Waals surface area contributed by atoms with Crippen LogP contribution in [0.2, 0.25) is 0 Å². The normalized spacial score (nSPS) is 11.3. The number of nitrogens with one attached hydrogen (secondary N) is 1. The summed E-state index contributed by atoms with van der Waals surface area (Å²) in [5, 5.41) is 2.52. The van der Waals surface area contributed by atoms with E-state index in [1.165, 1.54) is 18.3 Å². The van der Waals surface area contributed by atoms with Crippen molar-refractivity contribution in [1.29, 1.82) is 0 Å². The molecule has 8 heteroatoms. The number of hydrogen-bond donors (Lipinski definition) is 1. The lowest BCUT2D eigenvalue weighted by molar-refractivity contribution is -0.137. The van der Waals surface area contributed by atoms with Crippen LogP contribution in [-0.2, 0) is 6.18 Å². The predicted molar refractivity (Wildman–Crippen MR) is 80.8 cm³/mol. The van der Waals surface area contributed by atoms with Crippen molar-refractivity contribution in [1.82, 2.24) is 14.5 Å². The zero-order valence-corrected chi connectivity index (χ0v) is 12.2. The molecule has 2 heterocycles. The van der Waals surface area contributed by atoms with Crippen molar-refractivity contribution in [3.05, 3.63) is 72.4 Å². The maximum atomic E-state index is 12.7. The first-order valence-electron chi connectivity index (χ1n) is 6.86. The van der Waals surface area contributed by atoms with Gasteiger partial charge in [0, 0.05) is 18.0 Å². The Bertz CT molecular complexity index is 843. The second-order valence-corrected chi connectivity index (χ2v) is 4.91. The standard InChI is InChI=1S/C16H11F3N4O/c17-16(18,19)12-3-1-2-11(8-12)15(24)22-13-4-5-14(21-9-13)23-7-6-20-10-23/h1-10H,(H,22,24). The molecule has 5 nitrogen and oxygen atoms in total. The van der Waals surface area contributed by atoms with E-state index in [1.807, 2.05) is 0 Å². The average molecular weight is 332 g/mol. The molecule has 3 rings (SSSR count). The van der Waals surface area contributed by atoms with E-state index in [9.17, 15) is 18.0 Å². The molecule has 0 bridgehead atoms. The molecule has 1 aromatic carbocycles. The minimum absolute atomic E-state index is 0.0801. The Morgan fingerprint density at radius 1 is 1.17 bits per heavy atom. The molecule has 0 saturated heterocycles. The molecule has 0 unspecified atom stereocenters. The van der Waals surface area contributed by atoms with Gasteiger partial charge in [-0.1, -0.05) is 6.07 Å². The average Bonchev–Trinajstić information content (AvgIpc) is 3.09. The lowest BCUT2D eigenvalue weighted by Gasteiger charge is -2.09. The van der Waals surface area contributed by atoms with Crippen LogP contribution in [0.3, 0.4) is 0 Å². The number of halogens is 3. The van der Waals surface area contributed by atoms with Gasteiger partial charge < -0.3 is 5.32 Å². The fraction of sp³-hybridized carbons (Fsp3) is 0.0625. The number of carbonyl (C=O) groups excluding carboxylic acids is 1. The molecule has 0 aliphatic rings. The summed E-state index contributed by atoms with van der Waals surface area (Å²) in [6, 6.07) is 7.49. The van der Waals surface area contributed by atoms with Crippen molar-refractivity contribution < 1.29 is 18.0 Å². The number of alkyl halides is 3. The third-order valence-electron chi connectivity index (χ3n) is 3.23. The van der Waals surface area contributed by atoms with E-state index in [2.05, 4.69) is 15.3 Å². The smallest absolute Gasteiger partial charge is 0.321 e. The molecule has 0 spiro atoms. The number of rotatable bonds is 3.